The Balaban J connectivity index is 3.15. The Bertz CT molecular complexity index is 313. The number of aliphatic hydroxyl groups excluding tert-OH is 1. The van der Waals surface area contributed by atoms with E-state index in [2.05, 4.69) is 0 Å². The van der Waals surface area contributed by atoms with Crippen molar-refractivity contribution >= 4 is 0 Å². The zero-order valence-electron chi connectivity index (χ0n) is 7.09. The summed E-state index contributed by atoms with van der Waals surface area (Å²) in [6.45, 7) is 1.33. The quantitative estimate of drug-likeness (QED) is 0.742. The lowest BCUT2D eigenvalue weighted by Gasteiger charge is -2.09. The van der Waals surface area contributed by atoms with Gasteiger partial charge in [-0.1, -0.05) is 6.92 Å². The van der Waals surface area contributed by atoms with Crippen LogP contribution in [0.25, 0.3) is 0 Å². The molecule has 72 valence electrons. The number of phenolic OH excluding ortho intramolecular Hbond substituents is 1. The van der Waals surface area contributed by atoms with Gasteiger partial charge in [-0.3, -0.25) is 0 Å². The van der Waals surface area contributed by atoms with Gasteiger partial charge in [0.15, 0.2) is 11.6 Å². The maximum atomic E-state index is 13.0. The highest BCUT2D eigenvalue weighted by Gasteiger charge is 2.13. The number of hydrogen-bond donors (Lipinski definition) is 2. The van der Waals surface area contributed by atoms with Crippen LogP contribution in [0, 0.1) is 11.6 Å². The summed E-state index contributed by atoms with van der Waals surface area (Å²) in [5.41, 5.74) is 0.112. The molecule has 0 radical (unpaired) electrons. The molecule has 0 saturated carbocycles. The van der Waals surface area contributed by atoms with Crippen LogP contribution in [-0.2, 0) is 0 Å². The first-order chi connectivity index (χ1) is 6.06. The first-order valence-electron chi connectivity index (χ1n) is 3.85. The summed E-state index contributed by atoms with van der Waals surface area (Å²) in [4.78, 5) is 0. The summed E-state index contributed by atoms with van der Waals surface area (Å²) in [6, 6.07) is 1.60. The van der Waals surface area contributed by atoms with E-state index in [9.17, 15) is 8.78 Å². The van der Waals surface area contributed by atoms with Crippen molar-refractivity contribution in [3.63, 3.8) is 0 Å². The fraction of sp³-hybridized carbons (Fsp3) is 0.333. The Morgan fingerprint density at radius 3 is 2.46 bits per heavy atom. The van der Waals surface area contributed by atoms with Crippen LogP contribution in [0.15, 0.2) is 12.1 Å². The topological polar surface area (TPSA) is 40.5 Å². The fourth-order valence-corrected chi connectivity index (χ4v) is 1.03. The van der Waals surface area contributed by atoms with E-state index in [0.29, 0.717) is 6.07 Å². The van der Waals surface area contributed by atoms with Crippen molar-refractivity contribution in [2.45, 2.75) is 12.8 Å². The van der Waals surface area contributed by atoms with Crippen molar-refractivity contribution in [2.24, 2.45) is 0 Å². The number of halogens is 2. The molecule has 0 fully saturated rings. The van der Waals surface area contributed by atoms with Gasteiger partial charge in [-0.25, -0.2) is 8.78 Å². The Morgan fingerprint density at radius 1 is 1.31 bits per heavy atom. The number of rotatable bonds is 2. The minimum absolute atomic E-state index is 0.112. The zero-order valence-corrected chi connectivity index (χ0v) is 7.09. The molecule has 0 aromatic heterocycles. The average molecular weight is 188 g/mol. The highest BCUT2D eigenvalue weighted by atomic mass is 19.1. The lowest BCUT2D eigenvalue weighted by atomic mass is 10.0. The SMILES string of the molecule is CC(CO)c1cc(O)c(F)cc1F. The van der Waals surface area contributed by atoms with E-state index in [1.807, 2.05) is 0 Å². The standard InChI is InChI=1S/C9H10F2O2/c1-5(4-12)6-2-9(13)8(11)3-7(6)10/h2-3,5,12-13H,4H2,1H3. The Labute approximate surface area is 74.4 Å². The number of hydrogen-bond acceptors (Lipinski definition) is 2. The Kier molecular flexibility index (Phi) is 2.83. The summed E-state index contributed by atoms with van der Waals surface area (Å²) in [5.74, 6) is -2.80. The average Bonchev–Trinajstić information content (AvgIpc) is 2.10. The number of aromatic hydroxyl groups is 1. The summed E-state index contributed by atoms with van der Waals surface area (Å²) in [6.07, 6.45) is 0. The lowest BCUT2D eigenvalue weighted by Crippen LogP contribution is -2.02. The maximum absolute atomic E-state index is 13.0. The van der Waals surface area contributed by atoms with Crippen LogP contribution in [0.4, 0.5) is 8.78 Å². The minimum atomic E-state index is -0.994. The molecule has 1 aromatic carbocycles. The second-order valence-electron chi connectivity index (χ2n) is 2.91. The molecule has 1 rings (SSSR count). The lowest BCUT2D eigenvalue weighted by molar-refractivity contribution is 0.270. The summed E-state index contributed by atoms with van der Waals surface area (Å²) < 4.78 is 25.6. The molecular weight excluding hydrogens is 178 g/mol. The molecule has 0 amide bonds. The minimum Gasteiger partial charge on any atom is -0.505 e. The van der Waals surface area contributed by atoms with Crippen molar-refractivity contribution in [1.82, 2.24) is 0 Å². The molecule has 2 N–H and O–H groups in total. The van der Waals surface area contributed by atoms with Gasteiger partial charge in [0.2, 0.25) is 0 Å². The van der Waals surface area contributed by atoms with Crippen LogP contribution in [0.2, 0.25) is 0 Å². The molecule has 0 aliphatic rings. The van der Waals surface area contributed by atoms with Crippen LogP contribution < -0.4 is 0 Å². The van der Waals surface area contributed by atoms with E-state index >= 15 is 0 Å². The molecule has 0 spiro atoms. The predicted octanol–water partition coefficient (Wildman–Crippen LogP) is 1.77. The van der Waals surface area contributed by atoms with E-state index in [4.69, 9.17) is 10.2 Å². The summed E-state index contributed by atoms with van der Waals surface area (Å²) in [5, 5.41) is 17.7. The van der Waals surface area contributed by atoms with Crippen LogP contribution >= 0.6 is 0 Å². The second-order valence-corrected chi connectivity index (χ2v) is 2.91. The highest BCUT2D eigenvalue weighted by Crippen LogP contribution is 2.25. The largest absolute Gasteiger partial charge is 0.505 e. The first kappa shape index (κ1) is 9.92. The monoisotopic (exact) mass is 188 g/mol. The molecule has 13 heavy (non-hydrogen) atoms. The normalized spacial score (nSPS) is 12.9. The molecule has 0 bridgehead atoms. The van der Waals surface area contributed by atoms with E-state index in [-0.39, 0.29) is 12.2 Å². The molecule has 1 aromatic rings. The molecule has 4 heteroatoms. The van der Waals surface area contributed by atoms with Gasteiger partial charge in [-0.05, 0) is 11.6 Å². The second kappa shape index (κ2) is 3.70. The molecule has 0 aliphatic heterocycles. The summed E-state index contributed by atoms with van der Waals surface area (Å²) in [7, 11) is 0. The van der Waals surface area contributed by atoms with Crippen molar-refractivity contribution in [1.29, 1.82) is 0 Å². The van der Waals surface area contributed by atoms with Crippen LogP contribution in [0.5, 0.6) is 5.75 Å². The van der Waals surface area contributed by atoms with E-state index in [1.165, 1.54) is 0 Å². The molecule has 0 saturated heterocycles. The zero-order chi connectivity index (χ0) is 10.0. The number of aliphatic hydroxyl groups is 1. The maximum Gasteiger partial charge on any atom is 0.167 e. The highest BCUT2D eigenvalue weighted by molar-refractivity contribution is 5.32. The number of benzene rings is 1. The molecule has 0 heterocycles. The molecule has 1 unspecified atom stereocenters. The van der Waals surface area contributed by atoms with Crippen molar-refractivity contribution in [2.75, 3.05) is 6.61 Å². The third-order valence-electron chi connectivity index (χ3n) is 1.87. The van der Waals surface area contributed by atoms with Crippen LogP contribution in [0.3, 0.4) is 0 Å². The van der Waals surface area contributed by atoms with Gasteiger partial charge in [0.25, 0.3) is 0 Å². The van der Waals surface area contributed by atoms with Crippen molar-refractivity contribution in [3.05, 3.63) is 29.3 Å². The molecule has 2 nitrogen and oxygen atoms in total. The van der Waals surface area contributed by atoms with Gasteiger partial charge >= 0.3 is 0 Å². The van der Waals surface area contributed by atoms with Crippen LogP contribution in [-0.4, -0.2) is 16.8 Å². The first-order valence-corrected chi connectivity index (χ1v) is 3.85. The number of phenols is 1. The summed E-state index contributed by atoms with van der Waals surface area (Å²) >= 11 is 0. The van der Waals surface area contributed by atoms with Crippen molar-refractivity contribution < 1.29 is 19.0 Å². The smallest absolute Gasteiger partial charge is 0.167 e. The van der Waals surface area contributed by atoms with Gasteiger partial charge in [0.05, 0.1) is 0 Å². The molecular formula is C9H10F2O2. The van der Waals surface area contributed by atoms with Gasteiger partial charge in [0, 0.05) is 18.6 Å². The van der Waals surface area contributed by atoms with Crippen LogP contribution in [0.1, 0.15) is 18.4 Å². The third kappa shape index (κ3) is 1.95. The fourth-order valence-electron chi connectivity index (χ4n) is 1.03. The van der Waals surface area contributed by atoms with E-state index in [0.717, 1.165) is 6.07 Å². The third-order valence-corrected chi connectivity index (χ3v) is 1.87. The van der Waals surface area contributed by atoms with E-state index in [1.54, 1.807) is 6.92 Å². The van der Waals surface area contributed by atoms with Gasteiger partial charge in [-0.2, -0.15) is 0 Å². The Morgan fingerprint density at radius 2 is 1.92 bits per heavy atom. The predicted molar refractivity (Wildman–Crippen MR) is 43.5 cm³/mol. The molecule has 0 aliphatic carbocycles. The van der Waals surface area contributed by atoms with Crippen molar-refractivity contribution in [3.8, 4) is 5.75 Å². The molecule has 1 atom stereocenters. The van der Waals surface area contributed by atoms with E-state index < -0.39 is 23.3 Å². The van der Waals surface area contributed by atoms with Gasteiger partial charge < -0.3 is 10.2 Å². The Hall–Kier alpha value is -1.16. The van der Waals surface area contributed by atoms with Gasteiger partial charge in [0.1, 0.15) is 5.82 Å². The van der Waals surface area contributed by atoms with Gasteiger partial charge in [-0.15, -0.1) is 0 Å².